The zero-order valence-electron chi connectivity index (χ0n) is 22.8. The maximum absolute atomic E-state index is 13.7. The van der Waals surface area contributed by atoms with Crippen LogP contribution >= 0.6 is 0 Å². The standard InChI is InChI=1S/C28H36O11/c1-6-7-36-25(35)28-22-20(39-17(30)8-12(2)3)24(34)38-16-9-14-13(4)18(31)15(29)10-26(14,5)21(19(32)23(28)33)27(16,22)11-37-28/h8,14,16,19-23,31-33H,6-7,9-11H2,1-5H3/t14-,16+,19+,20+,21+,22+,23-,26-,27+,28-/m0/s1. The molecule has 39 heavy (non-hydrogen) atoms. The molecule has 0 unspecified atom stereocenters. The van der Waals surface area contributed by atoms with Gasteiger partial charge in [-0.1, -0.05) is 19.4 Å². The van der Waals surface area contributed by atoms with Gasteiger partial charge in [-0.15, -0.1) is 0 Å². The summed E-state index contributed by atoms with van der Waals surface area (Å²) in [7, 11) is 0. The summed E-state index contributed by atoms with van der Waals surface area (Å²) in [5.41, 5.74) is -3.49. The van der Waals surface area contributed by atoms with Crippen molar-refractivity contribution in [3.05, 3.63) is 23.0 Å². The Morgan fingerprint density at radius 2 is 1.87 bits per heavy atom. The maximum atomic E-state index is 13.7. The molecule has 2 saturated carbocycles. The average molecular weight is 549 g/mol. The van der Waals surface area contributed by atoms with Crippen LogP contribution in [0.15, 0.2) is 23.0 Å². The second-order valence-electron chi connectivity index (χ2n) is 12.2. The van der Waals surface area contributed by atoms with Gasteiger partial charge in [0.15, 0.2) is 11.5 Å². The van der Waals surface area contributed by atoms with Crippen molar-refractivity contribution >= 4 is 23.7 Å². The summed E-state index contributed by atoms with van der Waals surface area (Å²) in [4.78, 5) is 52.9. The van der Waals surface area contributed by atoms with E-state index in [4.69, 9.17) is 18.9 Å². The Hall–Kier alpha value is -2.76. The molecule has 5 aliphatic rings. The van der Waals surface area contributed by atoms with Gasteiger partial charge in [0.1, 0.15) is 12.2 Å². The molecular formula is C28H36O11. The lowest BCUT2D eigenvalue weighted by Gasteiger charge is -2.67. The molecule has 4 fully saturated rings. The summed E-state index contributed by atoms with van der Waals surface area (Å²) < 4.78 is 23.1. The Balaban J connectivity index is 1.72. The first-order valence-electron chi connectivity index (χ1n) is 13.4. The quantitative estimate of drug-likeness (QED) is 0.257. The third-order valence-corrected chi connectivity index (χ3v) is 9.74. The Bertz CT molecular complexity index is 1180. The second kappa shape index (κ2) is 9.14. The van der Waals surface area contributed by atoms with Crippen molar-refractivity contribution in [2.24, 2.45) is 28.6 Å². The molecule has 2 bridgehead atoms. The van der Waals surface area contributed by atoms with E-state index in [9.17, 15) is 34.5 Å². The Morgan fingerprint density at radius 3 is 2.51 bits per heavy atom. The number of fused-ring (bicyclic) bond motifs is 2. The summed E-state index contributed by atoms with van der Waals surface area (Å²) >= 11 is 0. The van der Waals surface area contributed by atoms with E-state index >= 15 is 0 Å². The van der Waals surface area contributed by atoms with Gasteiger partial charge in [-0.25, -0.2) is 14.4 Å². The maximum Gasteiger partial charge on any atom is 0.348 e. The van der Waals surface area contributed by atoms with E-state index in [1.807, 2.05) is 0 Å². The Kier molecular flexibility index (Phi) is 6.51. The smallest absolute Gasteiger partial charge is 0.348 e. The summed E-state index contributed by atoms with van der Waals surface area (Å²) in [5, 5.41) is 33.9. The molecule has 2 heterocycles. The fourth-order valence-electron chi connectivity index (χ4n) is 8.40. The van der Waals surface area contributed by atoms with Crippen molar-refractivity contribution in [3.63, 3.8) is 0 Å². The minimum atomic E-state index is -2.21. The molecule has 11 nitrogen and oxygen atoms in total. The zero-order chi connectivity index (χ0) is 28.7. The third-order valence-electron chi connectivity index (χ3n) is 9.74. The van der Waals surface area contributed by atoms with E-state index in [-0.39, 0.29) is 31.8 Å². The third kappa shape index (κ3) is 3.52. The second-order valence-corrected chi connectivity index (χ2v) is 12.2. The van der Waals surface area contributed by atoms with Gasteiger partial charge < -0.3 is 34.3 Å². The predicted molar refractivity (Wildman–Crippen MR) is 132 cm³/mol. The number of esters is 3. The molecule has 3 aliphatic carbocycles. The van der Waals surface area contributed by atoms with Crippen molar-refractivity contribution in [3.8, 4) is 0 Å². The molecule has 2 aliphatic heterocycles. The van der Waals surface area contributed by atoms with Gasteiger partial charge >= 0.3 is 17.9 Å². The molecular weight excluding hydrogens is 512 g/mol. The molecule has 0 aromatic rings. The van der Waals surface area contributed by atoms with Crippen LogP contribution in [0, 0.1) is 28.6 Å². The van der Waals surface area contributed by atoms with E-state index in [1.165, 1.54) is 6.08 Å². The number of ether oxygens (including phenoxy) is 4. The molecule has 2 saturated heterocycles. The van der Waals surface area contributed by atoms with Gasteiger partial charge in [-0.05, 0) is 50.5 Å². The fourth-order valence-corrected chi connectivity index (χ4v) is 8.40. The number of carbonyl (C=O) groups excluding carboxylic acids is 4. The highest BCUT2D eigenvalue weighted by Gasteiger charge is 2.85. The number of Topliss-reactive ketones (excluding diaryl/α,β-unsaturated/α-hetero) is 1. The molecule has 3 N–H and O–H groups in total. The van der Waals surface area contributed by atoms with Crippen LogP contribution in [-0.2, 0) is 38.1 Å². The molecule has 1 spiro atoms. The van der Waals surface area contributed by atoms with Gasteiger partial charge in [0.2, 0.25) is 11.7 Å². The summed E-state index contributed by atoms with van der Waals surface area (Å²) in [5.74, 6) is -6.22. The monoisotopic (exact) mass is 548 g/mol. The topological polar surface area (TPSA) is 166 Å². The number of hydrogen-bond acceptors (Lipinski definition) is 11. The first kappa shape index (κ1) is 27.8. The van der Waals surface area contributed by atoms with E-state index in [0.29, 0.717) is 17.6 Å². The Labute approximate surface area is 226 Å². The number of hydrogen-bond donors (Lipinski definition) is 3. The summed E-state index contributed by atoms with van der Waals surface area (Å²) in [6, 6.07) is 0. The van der Waals surface area contributed by atoms with Gasteiger partial charge in [0.05, 0.1) is 25.2 Å². The Morgan fingerprint density at radius 1 is 1.18 bits per heavy atom. The molecule has 0 aromatic heterocycles. The highest BCUT2D eigenvalue weighted by atomic mass is 16.6. The van der Waals surface area contributed by atoms with E-state index < -0.39 is 82.3 Å². The molecule has 5 rings (SSSR count). The first-order valence-corrected chi connectivity index (χ1v) is 13.4. The lowest BCUT2D eigenvalue weighted by atomic mass is 9.38. The number of allylic oxidation sites excluding steroid dienone is 3. The van der Waals surface area contributed by atoms with Crippen LogP contribution in [0.5, 0.6) is 0 Å². The number of ketones is 1. The average Bonchev–Trinajstić information content (AvgIpc) is 3.16. The van der Waals surface area contributed by atoms with Crippen LogP contribution in [-0.4, -0.2) is 82.2 Å². The van der Waals surface area contributed by atoms with Crippen molar-refractivity contribution < 1.29 is 53.4 Å². The molecule has 0 amide bonds. The number of carbonyl (C=O) groups is 4. The number of rotatable bonds is 5. The van der Waals surface area contributed by atoms with E-state index in [0.717, 1.165) is 0 Å². The highest BCUT2D eigenvalue weighted by molar-refractivity contribution is 5.95. The number of aliphatic hydroxyl groups is 3. The predicted octanol–water partition coefficient (Wildman–Crippen LogP) is 1.30. The minimum absolute atomic E-state index is 0.00353. The SMILES string of the molecule is CCCOC(=O)[C@@]12OC[C@]34[C@H]([C@@H](O)[C@@H]1O)[C@@]1(C)CC(=O)C(O)=C(C)[C@@H]1C[C@H]3OC(=O)[C@H](OC(=O)C=C(C)C)[C@@H]24. The normalized spacial score (nSPS) is 44.1. The van der Waals surface area contributed by atoms with E-state index in [2.05, 4.69) is 0 Å². The highest BCUT2D eigenvalue weighted by Crippen LogP contribution is 2.72. The first-order chi connectivity index (χ1) is 18.3. The molecule has 0 aromatic carbocycles. The van der Waals surface area contributed by atoms with Crippen LogP contribution < -0.4 is 0 Å². The van der Waals surface area contributed by atoms with Crippen molar-refractivity contribution in [2.45, 2.75) is 83.9 Å². The number of aliphatic hydroxyl groups excluding tert-OH is 3. The fraction of sp³-hybridized carbons (Fsp3) is 0.714. The van der Waals surface area contributed by atoms with Crippen LogP contribution in [0.3, 0.4) is 0 Å². The van der Waals surface area contributed by atoms with Crippen molar-refractivity contribution in [1.82, 2.24) is 0 Å². The van der Waals surface area contributed by atoms with Gasteiger partial charge in [0, 0.05) is 23.8 Å². The van der Waals surface area contributed by atoms with Gasteiger partial charge in [0.25, 0.3) is 0 Å². The molecule has 10 atom stereocenters. The lowest BCUT2D eigenvalue weighted by molar-refractivity contribution is -0.290. The van der Waals surface area contributed by atoms with Gasteiger partial charge in [-0.3, -0.25) is 4.79 Å². The zero-order valence-corrected chi connectivity index (χ0v) is 22.8. The largest absolute Gasteiger partial charge is 0.504 e. The van der Waals surface area contributed by atoms with Crippen LogP contribution in [0.1, 0.15) is 53.9 Å². The minimum Gasteiger partial charge on any atom is -0.504 e. The molecule has 0 radical (unpaired) electrons. The van der Waals surface area contributed by atoms with Crippen LogP contribution in [0.25, 0.3) is 0 Å². The summed E-state index contributed by atoms with van der Waals surface area (Å²) in [6.45, 7) is 8.36. The van der Waals surface area contributed by atoms with Crippen LogP contribution in [0.4, 0.5) is 0 Å². The summed E-state index contributed by atoms with van der Waals surface area (Å²) in [6.07, 6.45) is -4.30. The van der Waals surface area contributed by atoms with Crippen molar-refractivity contribution in [2.75, 3.05) is 13.2 Å². The van der Waals surface area contributed by atoms with E-state index in [1.54, 1.807) is 34.6 Å². The lowest BCUT2D eigenvalue weighted by Crippen LogP contribution is -2.79. The van der Waals surface area contributed by atoms with Crippen molar-refractivity contribution in [1.29, 1.82) is 0 Å². The van der Waals surface area contributed by atoms with Crippen LogP contribution in [0.2, 0.25) is 0 Å². The molecule has 214 valence electrons. The van der Waals surface area contributed by atoms with Gasteiger partial charge in [-0.2, -0.15) is 0 Å². The molecule has 11 heteroatoms.